The van der Waals surface area contributed by atoms with Crippen LogP contribution in [0, 0.1) is 0 Å². The molecule has 2 aromatic carbocycles. The maximum atomic E-state index is 12.3. The van der Waals surface area contributed by atoms with Crippen LogP contribution in [0.4, 0.5) is 0 Å². The molecule has 0 aliphatic carbocycles. The summed E-state index contributed by atoms with van der Waals surface area (Å²) in [5.41, 5.74) is 2.15. The molecule has 4 aromatic rings. The molecule has 2 N–H and O–H groups in total. The molecule has 0 aliphatic rings. The molecule has 0 radical (unpaired) electrons. The minimum Gasteiger partial charge on any atom is -0.497 e. The van der Waals surface area contributed by atoms with E-state index < -0.39 is 0 Å². The number of aromatic amines is 1. The Balaban J connectivity index is 1.41. The number of carbonyl (C=O) groups excluding carboxylic acids is 1. The largest absolute Gasteiger partial charge is 0.497 e. The number of methoxy groups -OCH3 is 1. The van der Waals surface area contributed by atoms with Gasteiger partial charge in [-0.2, -0.15) is 0 Å². The van der Waals surface area contributed by atoms with Crippen LogP contribution in [0.2, 0.25) is 0 Å². The van der Waals surface area contributed by atoms with Gasteiger partial charge in [0, 0.05) is 29.8 Å². The zero-order chi connectivity index (χ0) is 20.2. The lowest BCUT2D eigenvalue weighted by Gasteiger charge is -2.06. The summed E-state index contributed by atoms with van der Waals surface area (Å²) < 4.78 is 10.4. The minimum absolute atomic E-state index is 0.187. The number of carbonyl (C=O) groups is 1. The first-order valence-electron chi connectivity index (χ1n) is 9.14. The number of amides is 1. The van der Waals surface area contributed by atoms with Crippen LogP contribution in [0.5, 0.6) is 5.75 Å². The van der Waals surface area contributed by atoms with E-state index in [1.807, 2.05) is 48.5 Å². The zero-order valence-corrected chi connectivity index (χ0v) is 15.8. The van der Waals surface area contributed by atoms with Crippen molar-refractivity contribution in [1.82, 2.24) is 15.5 Å². The van der Waals surface area contributed by atoms with E-state index in [9.17, 15) is 9.59 Å². The molecule has 146 valence electrons. The molecule has 0 spiro atoms. The fourth-order valence-corrected chi connectivity index (χ4v) is 3.06. The summed E-state index contributed by atoms with van der Waals surface area (Å²) in [6, 6.07) is 18.3. The quantitative estimate of drug-likeness (QED) is 0.528. The van der Waals surface area contributed by atoms with Crippen molar-refractivity contribution in [2.45, 2.75) is 6.42 Å². The lowest BCUT2D eigenvalue weighted by Crippen LogP contribution is -2.27. The molecule has 4 rings (SSSR count). The summed E-state index contributed by atoms with van der Waals surface area (Å²) in [7, 11) is 1.58. The molecule has 0 bridgehead atoms. The molecule has 0 unspecified atom stereocenters. The Bertz CT molecular complexity index is 1210. The predicted molar refractivity (Wildman–Crippen MR) is 109 cm³/mol. The Hall–Kier alpha value is -3.87. The van der Waals surface area contributed by atoms with E-state index in [-0.39, 0.29) is 17.2 Å². The van der Waals surface area contributed by atoms with Crippen molar-refractivity contribution in [3.05, 3.63) is 82.3 Å². The van der Waals surface area contributed by atoms with Crippen molar-refractivity contribution in [3.63, 3.8) is 0 Å². The summed E-state index contributed by atoms with van der Waals surface area (Å²) in [5.74, 6) is 0.852. The van der Waals surface area contributed by atoms with Gasteiger partial charge in [0.2, 0.25) is 0 Å². The van der Waals surface area contributed by atoms with Crippen LogP contribution in [-0.4, -0.2) is 29.7 Å². The van der Waals surface area contributed by atoms with Gasteiger partial charge in [0.05, 0.1) is 12.6 Å². The number of rotatable bonds is 6. The maximum Gasteiger partial charge on any atom is 0.273 e. The first-order valence-corrected chi connectivity index (χ1v) is 9.14. The first-order chi connectivity index (χ1) is 14.1. The van der Waals surface area contributed by atoms with Crippen molar-refractivity contribution in [1.29, 1.82) is 0 Å². The summed E-state index contributed by atoms with van der Waals surface area (Å²) >= 11 is 0. The summed E-state index contributed by atoms with van der Waals surface area (Å²) in [6.45, 7) is 0.303. The second kappa shape index (κ2) is 8.02. The molecule has 0 atom stereocenters. The van der Waals surface area contributed by atoms with Gasteiger partial charge in [0.15, 0.2) is 11.5 Å². The minimum atomic E-state index is -0.349. The van der Waals surface area contributed by atoms with E-state index in [0.717, 1.165) is 10.9 Å². The van der Waals surface area contributed by atoms with Crippen molar-refractivity contribution in [2.24, 2.45) is 0 Å². The predicted octanol–water partition coefficient (Wildman–Crippen LogP) is 3.16. The van der Waals surface area contributed by atoms with Gasteiger partial charge in [-0.1, -0.05) is 35.5 Å². The highest BCUT2D eigenvalue weighted by atomic mass is 16.5. The van der Waals surface area contributed by atoms with Crippen molar-refractivity contribution < 1.29 is 14.1 Å². The van der Waals surface area contributed by atoms with Crippen LogP contribution in [0.1, 0.15) is 16.1 Å². The summed E-state index contributed by atoms with van der Waals surface area (Å²) in [4.78, 5) is 27.5. The topological polar surface area (TPSA) is 97.2 Å². The number of hydrogen-bond acceptors (Lipinski definition) is 5. The Morgan fingerprint density at radius 1 is 1.14 bits per heavy atom. The molecule has 0 saturated carbocycles. The van der Waals surface area contributed by atoms with Gasteiger partial charge in [0.1, 0.15) is 5.75 Å². The van der Waals surface area contributed by atoms with E-state index in [0.29, 0.717) is 35.6 Å². The average molecular weight is 389 g/mol. The molecule has 2 heterocycles. The monoisotopic (exact) mass is 389 g/mol. The highest BCUT2D eigenvalue weighted by Crippen LogP contribution is 2.20. The number of nitrogens with one attached hydrogen (secondary N) is 2. The molecule has 7 nitrogen and oxygen atoms in total. The fraction of sp³-hybridized carbons (Fsp3) is 0.136. The third kappa shape index (κ3) is 4.03. The number of hydrogen-bond donors (Lipinski definition) is 2. The Morgan fingerprint density at radius 2 is 1.97 bits per heavy atom. The van der Waals surface area contributed by atoms with E-state index >= 15 is 0 Å². The molecule has 7 heteroatoms. The molecule has 0 fully saturated rings. The molecule has 2 aromatic heterocycles. The Labute approximate surface area is 166 Å². The van der Waals surface area contributed by atoms with Gasteiger partial charge < -0.3 is 19.6 Å². The maximum absolute atomic E-state index is 12.3. The number of pyridine rings is 1. The SMILES string of the molecule is COc1ccc2cc(CCNC(=O)c3cc(-c4ccccc4)on3)c(=O)[nH]c2c1. The number of nitrogens with zero attached hydrogens (tertiary/aromatic N) is 1. The number of aromatic nitrogens is 2. The van der Waals surface area contributed by atoms with Crippen LogP contribution in [0.15, 0.2) is 70.0 Å². The van der Waals surface area contributed by atoms with Crippen molar-refractivity contribution in [2.75, 3.05) is 13.7 Å². The molecule has 0 saturated heterocycles. The van der Waals surface area contributed by atoms with Gasteiger partial charge in [-0.3, -0.25) is 9.59 Å². The van der Waals surface area contributed by atoms with Gasteiger partial charge >= 0.3 is 0 Å². The van der Waals surface area contributed by atoms with Crippen molar-refractivity contribution in [3.8, 4) is 17.1 Å². The van der Waals surface area contributed by atoms with Crippen LogP contribution < -0.4 is 15.6 Å². The number of ether oxygens (including phenoxy) is 1. The third-order valence-corrected chi connectivity index (χ3v) is 4.61. The van der Waals surface area contributed by atoms with Crippen LogP contribution >= 0.6 is 0 Å². The van der Waals surface area contributed by atoms with E-state index in [4.69, 9.17) is 9.26 Å². The van der Waals surface area contributed by atoms with E-state index in [2.05, 4.69) is 15.5 Å². The highest BCUT2D eigenvalue weighted by Gasteiger charge is 2.13. The van der Waals surface area contributed by atoms with Gasteiger partial charge in [-0.05, 0) is 30.0 Å². The fourth-order valence-electron chi connectivity index (χ4n) is 3.06. The lowest BCUT2D eigenvalue weighted by atomic mass is 10.1. The van der Waals surface area contributed by atoms with Crippen LogP contribution in [0.25, 0.3) is 22.2 Å². The third-order valence-electron chi connectivity index (χ3n) is 4.61. The summed E-state index contributed by atoms with van der Waals surface area (Å²) in [5, 5.41) is 7.50. The second-order valence-electron chi connectivity index (χ2n) is 6.53. The molecule has 0 aliphatic heterocycles. The van der Waals surface area contributed by atoms with Gasteiger partial charge in [-0.25, -0.2) is 0 Å². The van der Waals surface area contributed by atoms with E-state index in [1.165, 1.54) is 0 Å². The van der Waals surface area contributed by atoms with Crippen LogP contribution in [0.3, 0.4) is 0 Å². The smallest absolute Gasteiger partial charge is 0.273 e. The second-order valence-corrected chi connectivity index (χ2v) is 6.53. The van der Waals surface area contributed by atoms with Crippen LogP contribution in [-0.2, 0) is 6.42 Å². The molecular formula is C22H19N3O4. The Morgan fingerprint density at radius 3 is 2.76 bits per heavy atom. The number of H-pyrrole nitrogens is 1. The highest BCUT2D eigenvalue weighted by molar-refractivity contribution is 5.93. The lowest BCUT2D eigenvalue weighted by molar-refractivity contribution is 0.0945. The molecule has 29 heavy (non-hydrogen) atoms. The van der Waals surface area contributed by atoms with Gasteiger partial charge in [-0.15, -0.1) is 0 Å². The Kier molecular flexibility index (Phi) is 5.11. The summed E-state index contributed by atoms with van der Waals surface area (Å²) in [6.07, 6.45) is 0.395. The van der Waals surface area contributed by atoms with E-state index in [1.54, 1.807) is 19.2 Å². The molecule has 1 amide bonds. The number of fused-ring (bicyclic) bond motifs is 1. The number of benzene rings is 2. The van der Waals surface area contributed by atoms with Crippen molar-refractivity contribution >= 4 is 16.8 Å². The van der Waals surface area contributed by atoms with Gasteiger partial charge in [0.25, 0.3) is 11.5 Å². The average Bonchev–Trinajstić information content (AvgIpc) is 3.25. The zero-order valence-electron chi connectivity index (χ0n) is 15.8. The standard InChI is InChI=1S/C22H19N3O4/c1-28-17-8-7-15-11-16(21(26)24-18(15)12-17)9-10-23-22(27)19-13-20(29-25-19)14-5-3-2-4-6-14/h2-8,11-13H,9-10H2,1H3,(H,23,27)(H,24,26). The normalized spacial score (nSPS) is 10.8. The molecular weight excluding hydrogens is 370 g/mol. The first kappa shape index (κ1) is 18.5.